The second-order valence-corrected chi connectivity index (χ2v) is 11.1. The third kappa shape index (κ3) is 3.72. The van der Waals surface area contributed by atoms with Gasteiger partial charge in [-0.05, 0) is 46.1 Å². The van der Waals surface area contributed by atoms with Crippen LogP contribution in [0.2, 0.25) is 0 Å². The fraction of sp³-hybridized carbons (Fsp3) is 1.00. The molecule has 2 rings (SSSR count). The third-order valence-electron chi connectivity index (χ3n) is 7.93. The second kappa shape index (κ2) is 7.35. The van der Waals surface area contributed by atoms with Crippen molar-refractivity contribution in [2.24, 2.45) is 23.0 Å². The first-order valence-electron chi connectivity index (χ1n) is 10.8. The van der Waals surface area contributed by atoms with Crippen LogP contribution in [0.1, 0.15) is 75.2 Å². The second-order valence-electron chi connectivity index (χ2n) is 11.1. The van der Waals surface area contributed by atoms with E-state index >= 15 is 0 Å². The highest BCUT2D eigenvalue weighted by Crippen LogP contribution is 2.44. The van der Waals surface area contributed by atoms with E-state index in [4.69, 9.17) is 5.73 Å². The molecule has 0 aromatic heterocycles. The van der Waals surface area contributed by atoms with E-state index in [2.05, 4.69) is 84.1 Å². The predicted octanol–water partition coefficient (Wildman–Crippen LogP) is 3.82. The van der Waals surface area contributed by atoms with E-state index in [1.165, 1.54) is 12.8 Å². The van der Waals surface area contributed by atoms with E-state index < -0.39 is 0 Å². The summed E-state index contributed by atoms with van der Waals surface area (Å²) >= 11 is 0. The Morgan fingerprint density at radius 3 is 1.88 bits per heavy atom. The molecule has 0 bridgehead atoms. The molecular formula is C22H46N4. The average Bonchev–Trinajstić information content (AvgIpc) is 2.89. The number of nitrogens with two attached hydrogens (primary N) is 1. The maximum Gasteiger partial charge on any atom is 0.0635 e. The molecule has 3 unspecified atom stereocenters. The molecule has 2 aliphatic heterocycles. The Balaban J connectivity index is 2.08. The summed E-state index contributed by atoms with van der Waals surface area (Å²) in [5.74, 6) is 1.24. The summed E-state index contributed by atoms with van der Waals surface area (Å²) < 4.78 is 0. The Bertz CT molecular complexity index is 475. The van der Waals surface area contributed by atoms with Gasteiger partial charge in [-0.25, -0.2) is 0 Å². The van der Waals surface area contributed by atoms with E-state index in [0.29, 0.717) is 23.3 Å². The van der Waals surface area contributed by atoms with Crippen molar-refractivity contribution in [2.75, 3.05) is 26.8 Å². The van der Waals surface area contributed by atoms with E-state index in [9.17, 15) is 0 Å². The number of hydrogen-bond donors (Lipinski definition) is 1. The molecule has 3 atom stereocenters. The van der Waals surface area contributed by atoms with Gasteiger partial charge in [0.1, 0.15) is 0 Å². The zero-order valence-electron chi connectivity index (χ0n) is 19.3. The minimum Gasteiger partial charge on any atom is -0.315 e. The molecule has 4 nitrogen and oxygen atoms in total. The molecule has 0 amide bonds. The minimum atomic E-state index is 0.133. The van der Waals surface area contributed by atoms with Crippen molar-refractivity contribution in [3.63, 3.8) is 0 Å². The van der Waals surface area contributed by atoms with Gasteiger partial charge in [0.05, 0.1) is 12.8 Å². The van der Waals surface area contributed by atoms with Crippen LogP contribution >= 0.6 is 0 Å². The number of likely N-dealkylation sites (tertiary alicyclic amines) is 1. The van der Waals surface area contributed by atoms with Crippen molar-refractivity contribution < 1.29 is 0 Å². The Labute approximate surface area is 163 Å². The van der Waals surface area contributed by atoms with Crippen LogP contribution in [-0.2, 0) is 0 Å². The fourth-order valence-corrected chi connectivity index (χ4v) is 5.66. The predicted molar refractivity (Wildman–Crippen MR) is 113 cm³/mol. The standard InChI is InChI=1S/C22H46N4/c1-11-16(12-2)21(6,7)26-13-17(19(26)23)22(8,9)25-14-18(20(3,4)5)24(10)15-25/h16-19H,11-15,23H2,1-10H3. The molecule has 2 N–H and O–H groups in total. The van der Waals surface area contributed by atoms with E-state index in [0.717, 1.165) is 19.8 Å². The molecule has 2 fully saturated rings. The SMILES string of the molecule is CCC(CC)C(C)(C)N1CC(C(C)(C)N2CC(C(C)(C)C)N(C)C2)C1N. The summed E-state index contributed by atoms with van der Waals surface area (Å²) in [5, 5.41) is 0. The van der Waals surface area contributed by atoms with Crippen molar-refractivity contribution in [2.45, 2.75) is 98.4 Å². The average molecular weight is 367 g/mol. The van der Waals surface area contributed by atoms with Crippen LogP contribution in [0.3, 0.4) is 0 Å². The van der Waals surface area contributed by atoms with Crippen molar-refractivity contribution in [3.05, 3.63) is 0 Å². The van der Waals surface area contributed by atoms with E-state index in [1.807, 2.05) is 0 Å². The zero-order chi connectivity index (χ0) is 20.1. The molecule has 0 radical (unpaired) electrons. The fourth-order valence-electron chi connectivity index (χ4n) is 5.66. The number of hydrogen-bond acceptors (Lipinski definition) is 4. The van der Waals surface area contributed by atoms with Gasteiger partial charge in [0.25, 0.3) is 0 Å². The van der Waals surface area contributed by atoms with Gasteiger partial charge in [-0.3, -0.25) is 14.7 Å². The van der Waals surface area contributed by atoms with Gasteiger partial charge in [0, 0.05) is 36.1 Å². The monoisotopic (exact) mass is 366 g/mol. The first-order valence-corrected chi connectivity index (χ1v) is 10.8. The first-order chi connectivity index (χ1) is 11.8. The molecule has 2 aliphatic rings. The van der Waals surface area contributed by atoms with Gasteiger partial charge in [-0.15, -0.1) is 0 Å². The lowest BCUT2D eigenvalue weighted by Gasteiger charge is -2.61. The molecule has 0 aliphatic carbocycles. The van der Waals surface area contributed by atoms with Crippen LogP contribution in [0.15, 0.2) is 0 Å². The van der Waals surface area contributed by atoms with Gasteiger partial charge in [0.15, 0.2) is 0 Å². The molecule has 0 aromatic rings. The van der Waals surface area contributed by atoms with Crippen molar-refractivity contribution in [1.82, 2.24) is 14.7 Å². The lowest BCUT2D eigenvalue weighted by atomic mass is 9.71. The van der Waals surface area contributed by atoms with Crippen LogP contribution < -0.4 is 5.73 Å². The normalized spacial score (nSPS) is 30.2. The number of nitrogens with zero attached hydrogens (tertiary/aromatic N) is 3. The van der Waals surface area contributed by atoms with Crippen molar-refractivity contribution >= 4 is 0 Å². The molecule has 26 heavy (non-hydrogen) atoms. The summed E-state index contributed by atoms with van der Waals surface area (Å²) in [6, 6.07) is 0.607. The summed E-state index contributed by atoms with van der Waals surface area (Å²) in [7, 11) is 2.27. The Morgan fingerprint density at radius 1 is 0.962 bits per heavy atom. The Kier molecular flexibility index (Phi) is 6.25. The molecule has 4 heteroatoms. The third-order valence-corrected chi connectivity index (χ3v) is 7.93. The summed E-state index contributed by atoms with van der Waals surface area (Å²) in [4.78, 5) is 7.77. The summed E-state index contributed by atoms with van der Waals surface area (Å²) in [5.41, 5.74) is 7.42. The first kappa shape index (κ1) is 22.1. The quantitative estimate of drug-likeness (QED) is 0.775. The van der Waals surface area contributed by atoms with Gasteiger partial charge in [-0.2, -0.15) is 0 Å². The highest BCUT2D eigenvalue weighted by atomic mass is 15.4. The Hall–Kier alpha value is -0.160. The summed E-state index contributed by atoms with van der Waals surface area (Å²) in [6.45, 7) is 24.7. The highest BCUT2D eigenvalue weighted by molar-refractivity contribution is 5.08. The topological polar surface area (TPSA) is 35.7 Å². The maximum absolute atomic E-state index is 6.79. The maximum atomic E-state index is 6.79. The van der Waals surface area contributed by atoms with Gasteiger partial charge >= 0.3 is 0 Å². The molecular weight excluding hydrogens is 320 g/mol. The molecule has 0 spiro atoms. The van der Waals surface area contributed by atoms with Crippen LogP contribution in [0.5, 0.6) is 0 Å². The smallest absolute Gasteiger partial charge is 0.0635 e. The van der Waals surface area contributed by atoms with E-state index in [-0.39, 0.29) is 17.2 Å². The number of likely N-dealkylation sites (N-methyl/N-ethyl adjacent to an activating group) is 1. The largest absolute Gasteiger partial charge is 0.315 e. The molecule has 2 saturated heterocycles. The van der Waals surface area contributed by atoms with Crippen molar-refractivity contribution in [3.8, 4) is 0 Å². The van der Waals surface area contributed by atoms with Crippen LogP contribution in [0.25, 0.3) is 0 Å². The molecule has 0 aromatic carbocycles. The van der Waals surface area contributed by atoms with E-state index in [1.54, 1.807) is 0 Å². The zero-order valence-corrected chi connectivity index (χ0v) is 19.3. The Morgan fingerprint density at radius 2 is 1.50 bits per heavy atom. The lowest BCUT2D eigenvalue weighted by Crippen LogP contribution is -2.75. The van der Waals surface area contributed by atoms with Crippen LogP contribution in [-0.4, -0.2) is 64.8 Å². The van der Waals surface area contributed by atoms with Crippen molar-refractivity contribution in [1.29, 1.82) is 0 Å². The molecule has 154 valence electrons. The van der Waals surface area contributed by atoms with Crippen LogP contribution in [0, 0.1) is 17.3 Å². The van der Waals surface area contributed by atoms with Gasteiger partial charge < -0.3 is 5.73 Å². The van der Waals surface area contributed by atoms with Gasteiger partial charge in [-0.1, -0.05) is 47.5 Å². The number of rotatable bonds is 6. The molecule has 0 saturated carbocycles. The lowest BCUT2D eigenvalue weighted by molar-refractivity contribution is -0.133. The highest BCUT2D eigenvalue weighted by Gasteiger charge is 2.54. The summed E-state index contributed by atoms with van der Waals surface area (Å²) in [6.07, 6.45) is 2.62. The molecule has 2 heterocycles. The van der Waals surface area contributed by atoms with Crippen LogP contribution in [0.4, 0.5) is 0 Å². The minimum absolute atomic E-state index is 0.133. The van der Waals surface area contributed by atoms with Gasteiger partial charge in [0.2, 0.25) is 0 Å².